The van der Waals surface area contributed by atoms with Crippen LogP contribution in [-0.2, 0) is 4.79 Å². The quantitative estimate of drug-likeness (QED) is 0.778. The van der Waals surface area contributed by atoms with E-state index >= 15 is 0 Å². The molecule has 1 fully saturated rings. The summed E-state index contributed by atoms with van der Waals surface area (Å²) in [6.45, 7) is 8.12. The number of hydrogen-bond donors (Lipinski definition) is 1. The fourth-order valence-electron chi connectivity index (χ4n) is 2.58. The molecule has 0 spiro atoms. The molecule has 1 aliphatic heterocycles. The number of nitrogens with zero attached hydrogens (tertiary/aromatic N) is 2. The van der Waals surface area contributed by atoms with Crippen LogP contribution in [0, 0.1) is 5.92 Å². The van der Waals surface area contributed by atoms with Gasteiger partial charge in [0.1, 0.15) is 0 Å². The lowest BCUT2D eigenvalue weighted by molar-refractivity contribution is -0.133. The van der Waals surface area contributed by atoms with E-state index in [-0.39, 0.29) is 11.9 Å². The summed E-state index contributed by atoms with van der Waals surface area (Å²) in [5.41, 5.74) is 5.64. The van der Waals surface area contributed by atoms with E-state index in [1.54, 1.807) is 6.92 Å². The number of unbranched alkanes of at least 4 members (excludes halogenated alkanes) is 1. The third-order valence-corrected chi connectivity index (χ3v) is 3.78. The van der Waals surface area contributed by atoms with Gasteiger partial charge in [0.15, 0.2) is 0 Å². The van der Waals surface area contributed by atoms with Crippen LogP contribution in [0.15, 0.2) is 0 Å². The number of amides is 1. The van der Waals surface area contributed by atoms with Crippen molar-refractivity contribution in [1.82, 2.24) is 9.80 Å². The fourth-order valence-corrected chi connectivity index (χ4v) is 2.58. The molecule has 4 nitrogen and oxygen atoms in total. The summed E-state index contributed by atoms with van der Waals surface area (Å²) in [6, 6.07) is -0.353. The summed E-state index contributed by atoms with van der Waals surface area (Å²) >= 11 is 0. The second kappa shape index (κ2) is 7.74. The minimum Gasteiger partial charge on any atom is -0.341 e. The molecule has 0 aromatic heterocycles. The van der Waals surface area contributed by atoms with E-state index in [9.17, 15) is 4.79 Å². The maximum atomic E-state index is 11.8. The van der Waals surface area contributed by atoms with Crippen molar-refractivity contribution in [2.45, 2.75) is 45.6 Å². The second-order valence-electron chi connectivity index (χ2n) is 5.67. The summed E-state index contributed by atoms with van der Waals surface area (Å²) in [6.07, 6.45) is 4.77. The fraction of sp³-hybridized carbons (Fsp3) is 0.929. The van der Waals surface area contributed by atoms with E-state index in [1.807, 2.05) is 4.90 Å². The first-order chi connectivity index (χ1) is 8.54. The Morgan fingerprint density at radius 3 is 2.56 bits per heavy atom. The second-order valence-corrected chi connectivity index (χ2v) is 5.67. The van der Waals surface area contributed by atoms with Gasteiger partial charge in [0, 0.05) is 19.6 Å². The molecule has 1 heterocycles. The zero-order valence-corrected chi connectivity index (χ0v) is 12.2. The van der Waals surface area contributed by atoms with Crippen LogP contribution in [0.2, 0.25) is 0 Å². The van der Waals surface area contributed by atoms with Gasteiger partial charge in [-0.15, -0.1) is 0 Å². The average molecular weight is 255 g/mol. The number of carbonyl (C=O) groups is 1. The Kier molecular flexibility index (Phi) is 6.65. The van der Waals surface area contributed by atoms with Gasteiger partial charge in [-0.05, 0) is 45.7 Å². The summed E-state index contributed by atoms with van der Waals surface area (Å²) in [5, 5.41) is 0. The van der Waals surface area contributed by atoms with E-state index in [0.29, 0.717) is 0 Å². The van der Waals surface area contributed by atoms with Gasteiger partial charge in [0.25, 0.3) is 0 Å². The highest BCUT2D eigenvalue weighted by molar-refractivity contribution is 5.81. The molecule has 0 bridgehead atoms. The van der Waals surface area contributed by atoms with Crippen LogP contribution in [0.3, 0.4) is 0 Å². The summed E-state index contributed by atoms with van der Waals surface area (Å²) in [4.78, 5) is 16.1. The Balaban J connectivity index is 2.25. The average Bonchev–Trinajstić information content (AvgIpc) is 2.36. The first-order valence-electron chi connectivity index (χ1n) is 7.27. The Morgan fingerprint density at radius 2 is 2.06 bits per heavy atom. The number of rotatable bonds is 6. The molecule has 0 aromatic carbocycles. The van der Waals surface area contributed by atoms with Gasteiger partial charge in [0.05, 0.1) is 6.04 Å². The Morgan fingerprint density at radius 1 is 1.44 bits per heavy atom. The Hall–Kier alpha value is -0.610. The highest BCUT2D eigenvalue weighted by Crippen LogP contribution is 2.18. The van der Waals surface area contributed by atoms with Crippen LogP contribution in [0.25, 0.3) is 0 Å². The molecular formula is C14H29N3O. The Labute approximate surface area is 111 Å². The third kappa shape index (κ3) is 4.94. The van der Waals surface area contributed by atoms with Gasteiger partial charge in [0.2, 0.25) is 5.91 Å². The molecule has 1 rings (SSSR count). The molecular weight excluding hydrogens is 226 g/mol. The molecule has 0 unspecified atom stereocenters. The van der Waals surface area contributed by atoms with Crippen molar-refractivity contribution in [3.8, 4) is 0 Å². The highest BCUT2D eigenvalue weighted by Gasteiger charge is 2.24. The number of likely N-dealkylation sites (tertiary alicyclic amines) is 1. The first-order valence-corrected chi connectivity index (χ1v) is 7.27. The number of nitrogens with two attached hydrogens (primary N) is 1. The van der Waals surface area contributed by atoms with Gasteiger partial charge in [-0.2, -0.15) is 0 Å². The molecule has 1 amide bonds. The number of carbonyl (C=O) groups excluding carboxylic acids is 1. The minimum atomic E-state index is -0.353. The van der Waals surface area contributed by atoms with E-state index in [0.717, 1.165) is 31.8 Å². The zero-order valence-electron chi connectivity index (χ0n) is 12.2. The molecule has 0 aromatic rings. The zero-order chi connectivity index (χ0) is 13.5. The molecule has 1 atom stereocenters. The topological polar surface area (TPSA) is 49.6 Å². The molecule has 2 N–H and O–H groups in total. The smallest absolute Gasteiger partial charge is 0.239 e. The number of hydrogen-bond acceptors (Lipinski definition) is 3. The van der Waals surface area contributed by atoms with E-state index in [4.69, 9.17) is 5.73 Å². The third-order valence-electron chi connectivity index (χ3n) is 3.78. The van der Waals surface area contributed by atoms with Gasteiger partial charge in [-0.25, -0.2) is 0 Å². The normalized spacial score (nSPS) is 19.3. The molecule has 0 saturated carbocycles. The van der Waals surface area contributed by atoms with Crippen molar-refractivity contribution >= 4 is 5.91 Å². The number of piperidine rings is 1. The van der Waals surface area contributed by atoms with Crippen molar-refractivity contribution in [2.24, 2.45) is 11.7 Å². The van der Waals surface area contributed by atoms with E-state index < -0.39 is 0 Å². The van der Waals surface area contributed by atoms with Crippen molar-refractivity contribution in [3.05, 3.63) is 0 Å². The summed E-state index contributed by atoms with van der Waals surface area (Å²) < 4.78 is 0. The summed E-state index contributed by atoms with van der Waals surface area (Å²) in [7, 11) is 2.20. The molecule has 1 saturated heterocycles. The van der Waals surface area contributed by atoms with E-state index in [1.165, 1.54) is 25.9 Å². The first kappa shape index (κ1) is 15.4. The van der Waals surface area contributed by atoms with Crippen molar-refractivity contribution in [2.75, 3.05) is 33.2 Å². The van der Waals surface area contributed by atoms with Crippen LogP contribution in [-0.4, -0.2) is 55.0 Å². The predicted molar refractivity (Wildman–Crippen MR) is 75.4 cm³/mol. The van der Waals surface area contributed by atoms with Crippen molar-refractivity contribution < 1.29 is 4.79 Å². The molecule has 1 aliphatic rings. The van der Waals surface area contributed by atoms with Crippen LogP contribution < -0.4 is 5.73 Å². The van der Waals surface area contributed by atoms with Crippen LogP contribution >= 0.6 is 0 Å². The SMILES string of the molecule is CCCCN(C)CC1CCN(C(=O)[C@H](C)N)CC1. The van der Waals surface area contributed by atoms with Gasteiger partial charge in [-0.1, -0.05) is 13.3 Å². The molecule has 18 heavy (non-hydrogen) atoms. The lowest BCUT2D eigenvalue weighted by Gasteiger charge is -2.34. The maximum Gasteiger partial charge on any atom is 0.239 e. The maximum absolute atomic E-state index is 11.8. The Bertz CT molecular complexity index is 247. The van der Waals surface area contributed by atoms with Crippen molar-refractivity contribution in [3.63, 3.8) is 0 Å². The molecule has 4 heteroatoms. The van der Waals surface area contributed by atoms with Crippen molar-refractivity contribution in [1.29, 1.82) is 0 Å². The van der Waals surface area contributed by atoms with Gasteiger partial charge >= 0.3 is 0 Å². The molecule has 106 valence electrons. The minimum absolute atomic E-state index is 0.104. The van der Waals surface area contributed by atoms with Crippen LogP contribution in [0.5, 0.6) is 0 Å². The lowest BCUT2D eigenvalue weighted by Crippen LogP contribution is -2.47. The van der Waals surface area contributed by atoms with Gasteiger partial charge in [-0.3, -0.25) is 4.79 Å². The largest absolute Gasteiger partial charge is 0.341 e. The van der Waals surface area contributed by atoms with Gasteiger partial charge < -0.3 is 15.5 Å². The highest BCUT2D eigenvalue weighted by atomic mass is 16.2. The lowest BCUT2D eigenvalue weighted by atomic mass is 9.96. The predicted octanol–water partition coefficient (Wildman–Crippen LogP) is 1.30. The van der Waals surface area contributed by atoms with E-state index in [2.05, 4.69) is 18.9 Å². The summed E-state index contributed by atoms with van der Waals surface area (Å²) in [5.74, 6) is 0.844. The monoisotopic (exact) mass is 255 g/mol. The molecule has 0 radical (unpaired) electrons. The molecule has 0 aliphatic carbocycles. The van der Waals surface area contributed by atoms with Crippen LogP contribution in [0.4, 0.5) is 0 Å². The standard InChI is InChI=1S/C14H29N3O/c1-4-5-8-16(3)11-13-6-9-17(10-7-13)14(18)12(2)15/h12-13H,4-11,15H2,1-3H3/t12-/m0/s1. The van der Waals surface area contributed by atoms with Crippen LogP contribution in [0.1, 0.15) is 39.5 Å².